The molecule has 30 heavy (non-hydrogen) atoms. The van der Waals surface area contributed by atoms with Gasteiger partial charge in [-0.3, -0.25) is 0 Å². The summed E-state index contributed by atoms with van der Waals surface area (Å²) in [4.78, 5) is 9.34. The monoisotopic (exact) mass is 412 g/mol. The second kappa shape index (κ2) is 8.10. The fraction of sp³-hybridized carbons (Fsp3) is 0.238. The van der Waals surface area contributed by atoms with E-state index in [9.17, 15) is 13.2 Å². The van der Waals surface area contributed by atoms with Gasteiger partial charge in [0.25, 0.3) is 0 Å². The highest BCUT2D eigenvalue weighted by Gasteiger charge is 2.37. The molecular weight excluding hydrogens is 393 g/mol. The maximum Gasteiger partial charge on any atom is 0.451 e. The molecular formula is C21H19F3N6. The van der Waals surface area contributed by atoms with Gasteiger partial charge in [-0.15, -0.1) is 5.10 Å². The average molecular weight is 412 g/mol. The summed E-state index contributed by atoms with van der Waals surface area (Å²) in [6.45, 7) is 2.96. The van der Waals surface area contributed by atoms with Gasteiger partial charge in [0, 0.05) is 13.1 Å². The predicted molar refractivity (Wildman–Crippen MR) is 107 cm³/mol. The minimum absolute atomic E-state index is 0.0580. The first-order valence-electron chi connectivity index (χ1n) is 9.47. The van der Waals surface area contributed by atoms with Crippen molar-refractivity contribution in [2.45, 2.75) is 26.2 Å². The number of alkyl halides is 3. The lowest BCUT2D eigenvalue weighted by Gasteiger charge is -2.23. The van der Waals surface area contributed by atoms with E-state index < -0.39 is 12.0 Å². The summed E-state index contributed by atoms with van der Waals surface area (Å²) >= 11 is 0. The lowest BCUT2D eigenvalue weighted by molar-refractivity contribution is -0.144. The Morgan fingerprint density at radius 1 is 0.900 bits per heavy atom. The highest BCUT2D eigenvalue weighted by atomic mass is 19.4. The lowest BCUT2D eigenvalue weighted by atomic mass is 10.2. The van der Waals surface area contributed by atoms with E-state index in [1.54, 1.807) is 4.90 Å². The van der Waals surface area contributed by atoms with Gasteiger partial charge in [0.15, 0.2) is 17.0 Å². The number of hydrogen-bond acceptors (Lipinski definition) is 5. The van der Waals surface area contributed by atoms with Gasteiger partial charge in [-0.05, 0) is 18.1 Å². The van der Waals surface area contributed by atoms with Crippen LogP contribution < -0.4 is 4.90 Å². The quantitative estimate of drug-likeness (QED) is 0.472. The maximum absolute atomic E-state index is 13.6. The number of benzene rings is 2. The Morgan fingerprint density at radius 2 is 1.53 bits per heavy atom. The number of hydrogen-bond donors (Lipinski definition) is 0. The summed E-state index contributed by atoms with van der Waals surface area (Å²) < 4.78 is 42.1. The molecule has 4 aromatic rings. The molecule has 2 heterocycles. The van der Waals surface area contributed by atoms with E-state index in [1.807, 2.05) is 67.6 Å². The van der Waals surface area contributed by atoms with Crippen LogP contribution in [0.1, 0.15) is 23.9 Å². The van der Waals surface area contributed by atoms with Gasteiger partial charge in [0.05, 0.1) is 6.54 Å². The molecule has 0 spiro atoms. The van der Waals surface area contributed by atoms with E-state index in [4.69, 9.17) is 0 Å². The van der Waals surface area contributed by atoms with Crippen molar-refractivity contribution >= 4 is 17.0 Å². The van der Waals surface area contributed by atoms with Crippen LogP contribution >= 0.6 is 0 Å². The summed E-state index contributed by atoms with van der Waals surface area (Å²) in [5, 5.41) is 8.20. The van der Waals surface area contributed by atoms with Crippen LogP contribution in [0.25, 0.3) is 11.2 Å². The summed E-state index contributed by atoms with van der Waals surface area (Å²) in [5.41, 5.74) is 2.14. The van der Waals surface area contributed by atoms with E-state index in [0.29, 0.717) is 13.1 Å². The smallest absolute Gasteiger partial charge is 0.351 e. The molecule has 154 valence electrons. The van der Waals surface area contributed by atoms with Crippen LogP contribution in [0.3, 0.4) is 0 Å². The first-order chi connectivity index (χ1) is 14.5. The molecule has 0 amide bonds. The number of nitrogens with zero attached hydrogens (tertiary/aromatic N) is 6. The van der Waals surface area contributed by atoms with Crippen molar-refractivity contribution in [3.8, 4) is 0 Å². The van der Waals surface area contributed by atoms with Gasteiger partial charge >= 0.3 is 6.18 Å². The highest BCUT2D eigenvalue weighted by Crippen LogP contribution is 2.31. The SMILES string of the molecule is CCN(Cc1ccccc1)c1nc(C(F)(F)F)nc2c1nnn2Cc1ccccc1. The molecule has 9 heteroatoms. The molecule has 0 aliphatic heterocycles. The number of fused-ring (bicyclic) bond motifs is 1. The van der Waals surface area contributed by atoms with Crippen molar-refractivity contribution in [1.29, 1.82) is 0 Å². The minimum Gasteiger partial charge on any atom is -0.351 e. The van der Waals surface area contributed by atoms with Gasteiger partial charge in [0.1, 0.15) is 0 Å². The van der Waals surface area contributed by atoms with E-state index in [0.717, 1.165) is 11.1 Å². The fourth-order valence-electron chi connectivity index (χ4n) is 3.19. The third-order valence-corrected chi connectivity index (χ3v) is 4.67. The fourth-order valence-corrected chi connectivity index (χ4v) is 3.19. The van der Waals surface area contributed by atoms with Crippen LogP contribution in [-0.4, -0.2) is 31.5 Å². The van der Waals surface area contributed by atoms with Gasteiger partial charge in [-0.2, -0.15) is 13.2 Å². The van der Waals surface area contributed by atoms with E-state index >= 15 is 0 Å². The predicted octanol–water partition coefficient (Wildman–Crippen LogP) is 4.31. The molecule has 0 unspecified atom stereocenters. The van der Waals surface area contributed by atoms with E-state index in [1.165, 1.54) is 4.68 Å². The maximum atomic E-state index is 13.6. The Balaban J connectivity index is 1.81. The zero-order valence-corrected chi connectivity index (χ0v) is 16.2. The van der Waals surface area contributed by atoms with Crippen molar-refractivity contribution in [2.24, 2.45) is 0 Å². The molecule has 0 radical (unpaired) electrons. The summed E-state index contributed by atoms with van der Waals surface area (Å²) in [6.07, 6.45) is -4.68. The Bertz CT molecular complexity index is 1130. The number of anilines is 1. The normalized spacial score (nSPS) is 11.7. The largest absolute Gasteiger partial charge is 0.451 e. The van der Waals surface area contributed by atoms with E-state index in [2.05, 4.69) is 20.3 Å². The molecule has 6 nitrogen and oxygen atoms in total. The minimum atomic E-state index is -4.68. The summed E-state index contributed by atoms with van der Waals surface area (Å²) in [6, 6.07) is 18.8. The third kappa shape index (κ3) is 4.10. The van der Waals surface area contributed by atoms with Crippen molar-refractivity contribution < 1.29 is 13.2 Å². The molecule has 0 aliphatic rings. The van der Waals surface area contributed by atoms with Gasteiger partial charge in [0.2, 0.25) is 5.82 Å². The number of halogens is 3. The zero-order valence-electron chi connectivity index (χ0n) is 16.2. The second-order valence-electron chi connectivity index (χ2n) is 6.77. The topological polar surface area (TPSA) is 59.7 Å². The molecule has 0 bridgehead atoms. The third-order valence-electron chi connectivity index (χ3n) is 4.67. The molecule has 2 aromatic heterocycles. The van der Waals surface area contributed by atoms with Crippen molar-refractivity contribution in [1.82, 2.24) is 25.0 Å². The molecule has 0 saturated carbocycles. The van der Waals surface area contributed by atoms with Crippen molar-refractivity contribution in [2.75, 3.05) is 11.4 Å². The van der Waals surface area contributed by atoms with Crippen LogP contribution in [0.5, 0.6) is 0 Å². The molecule has 0 fully saturated rings. The average Bonchev–Trinajstić information content (AvgIpc) is 3.15. The Hall–Kier alpha value is -3.49. The van der Waals surface area contributed by atoms with Gasteiger partial charge in [-0.25, -0.2) is 14.6 Å². The van der Waals surface area contributed by atoms with Crippen molar-refractivity contribution in [3.05, 3.63) is 77.6 Å². The zero-order chi connectivity index (χ0) is 21.1. The Labute approximate surface area is 171 Å². The van der Waals surface area contributed by atoms with Crippen LogP contribution in [-0.2, 0) is 19.3 Å². The highest BCUT2D eigenvalue weighted by molar-refractivity contribution is 5.83. The standard InChI is InChI=1S/C21H19F3N6/c1-2-29(13-15-9-5-3-6-10-15)18-17-19(26-20(25-18)21(22,23)24)30(28-27-17)14-16-11-7-4-8-12-16/h3-12H,2,13-14H2,1H3. The molecule has 0 aliphatic carbocycles. The molecule has 0 N–H and O–H groups in total. The second-order valence-corrected chi connectivity index (χ2v) is 6.77. The first-order valence-corrected chi connectivity index (χ1v) is 9.47. The number of aromatic nitrogens is 5. The molecule has 0 saturated heterocycles. The van der Waals surface area contributed by atoms with Crippen LogP contribution in [0, 0.1) is 0 Å². The van der Waals surface area contributed by atoms with Crippen LogP contribution in [0.15, 0.2) is 60.7 Å². The number of rotatable bonds is 6. The van der Waals surface area contributed by atoms with Gasteiger partial charge in [-0.1, -0.05) is 65.9 Å². The summed E-state index contributed by atoms with van der Waals surface area (Å²) in [7, 11) is 0. The van der Waals surface area contributed by atoms with E-state index in [-0.39, 0.29) is 23.5 Å². The van der Waals surface area contributed by atoms with Crippen LogP contribution in [0.2, 0.25) is 0 Å². The molecule has 0 atom stereocenters. The van der Waals surface area contributed by atoms with Crippen LogP contribution in [0.4, 0.5) is 19.0 Å². The van der Waals surface area contributed by atoms with Crippen molar-refractivity contribution in [3.63, 3.8) is 0 Å². The Morgan fingerprint density at radius 3 is 2.13 bits per heavy atom. The molecule has 4 rings (SSSR count). The Kier molecular flexibility index (Phi) is 5.35. The lowest BCUT2D eigenvalue weighted by Crippen LogP contribution is -2.25. The van der Waals surface area contributed by atoms with Gasteiger partial charge < -0.3 is 4.90 Å². The summed E-state index contributed by atoms with van der Waals surface area (Å²) in [5.74, 6) is -1.08. The molecule has 2 aromatic carbocycles. The first kappa shape index (κ1) is 19.8.